The van der Waals surface area contributed by atoms with Crippen molar-refractivity contribution < 1.29 is 4.42 Å². The smallest absolute Gasteiger partial charge is 0.174 e. The lowest BCUT2D eigenvalue weighted by atomic mass is 10.1. The molecule has 0 fully saturated rings. The second-order valence-electron chi connectivity index (χ2n) is 7.83. The molecular weight excluding hydrogens is 416 g/mol. The molecule has 0 spiro atoms. The molecule has 0 radical (unpaired) electrons. The number of nitrogens with zero attached hydrogens (tertiary/aromatic N) is 2. The van der Waals surface area contributed by atoms with Crippen LogP contribution in [0.1, 0.15) is 11.1 Å². The van der Waals surface area contributed by atoms with Crippen LogP contribution in [0.5, 0.6) is 0 Å². The Balaban J connectivity index is 1.39. The van der Waals surface area contributed by atoms with Crippen LogP contribution in [0.4, 0.5) is 0 Å². The maximum atomic E-state index is 7.62. The molecule has 0 aliphatic rings. The molecule has 0 saturated heterocycles. The van der Waals surface area contributed by atoms with E-state index in [9.17, 15) is 0 Å². The van der Waals surface area contributed by atoms with Crippen molar-refractivity contribution in [1.29, 1.82) is 10.8 Å². The summed E-state index contributed by atoms with van der Waals surface area (Å²) in [4.78, 5) is 15.8. The molecule has 3 aromatic heterocycles. The Labute approximate surface area is 186 Å². The third kappa shape index (κ3) is 3.10. The van der Waals surface area contributed by atoms with Gasteiger partial charge in [0, 0.05) is 22.1 Å². The van der Waals surface area contributed by atoms with Gasteiger partial charge in [0.25, 0.3) is 0 Å². The molecule has 3 aromatic carbocycles. The molecular formula is C24H18N8O. The van der Waals surface area contributed by atoms with Gasteiger partial charge in [-0.3, -0.25) is 10.8 Å². The summed E-state index contributed by atoms with van der Waals surface area (Å²) in [6.07, 6.45) is 0. The molecule has 9 nitrogen and oxygen atoms in total. The number of benzene rings is 3. The standard InChI is InChI=1S/C24H18N8O/c25-21(26)11-1-4-15-17(8-11)31-23(29-15)13-3-6-19-14(7-13)10-20(33-19)24-30-16-5-2-12(22(27)28)9-18(16)32-24/h1-10H,(H3,25,26)(H3,27,28)(H,29,31)(H,30,32). The Morgan fingerprint density at radius 3 is 1.97 bits per heavy atom. The van der Waals surface area contributed by atoms with Gasteiger partial charge in [-0.2, -0.15) is 0 Å². The van der Waals surface area contributed by atoms with Crippen LogP contribution in [-0.2, 0) is 0 Å². The van der Waals surface area contributed by atoms with E-state index in [1.165, 1.54) is 0 Å². The monoisotopic (exact) mass is 434 g/mol. The van der Waals surface area contributed by atoms with E-state index in [4.69, 9.17) is 26.7 Å². The molecule has 9 heteroatoms. The van der Waals surface area contributed by atoms with E-state index in [1.807, 2.05) is 36.4 Å². The second-order valence-corrected chi connectivity index (χ2v) is 7.83. The third-order valence-corrected chi connectivity index (χ3v) is 5.61. The highest BCUT2D eigenvalue weighted by atomic mass is 16.3. The van der Waals surface area contributed by atoms with Crippen LogP contribution >= 0.6 is 0 Å². The van der Waals surface area contributed by atoms with Gasteiger partial charge in [-0.05, 0) is 60.7 Å². The van der Waals surface area contributed by atoms with Gasteiger partial charge < -0.3 is 25.9 Å². The number of nitrogen functional groups attached to an aromatic ring is 2. The van der Waals surface area contributed by atoms with Crippen molar-refractivity contribution in [3.8, 4) is 23.0 Å². The van der Waals surface area contributed by atoms with E-state index in [-0.39, 0.29) is 11.7 Å². The van der Waals surface area contributed by atoms with Crippen LogP contribution < -0.4 is 11.5 Å². The topological polar surface area (TPSA) is 170 Å². The predicted molar refractivity (Wildman–Crippen MR) is 128 cm³/mol. The number of hydrogen-bond acceptors (Lipinski definition) is 5. The van der Waals surface area contributed by atoms with Gasteiger partial charge in [-0.1, -0.05) is 0 Å². The Bertz CT molecular complexity index is 1650. The van der Waals surface area contributed by atoms with Crippen molar-refractivity contribution in [2.75, 3.05) is 0 Å². The number of amidine groups is 2. The van der Waals surface area contributed by atoms with Crippen LogP contribution in [0, 0.1) is 10.8 Å². The average molecular weight is 434 g/mol. The van der Waals surface area contributed by atoms with E-state index < -0.39 is 0 Å². The van der Waals surface area contributed by atoms with Gasteiger partial charge in [-0.25, -0.2) is 9.97 Å². The van der Waals surface area contributed by atoms with Gasteiger partial charge in [0.2, 0.25) is 0 Å². The minimum atomic E-state index is 0.000760. The first-order valence-electron chi connectivity index (χ1n) is 10.2. The zero-order valence-electron chi connectivity index (χ0n) is 17.2. The molecule has 8 N–H and O–H groups in total. The summed E-state index contributed by atoms with van der Waals surface area (Å²) >= 11 is 0. The van der Waals surface area contributed by atoms with Gasteiger partial charge in [0.1, 0.15) is 23.1 Å². The molecule has 160 valence electrons. The maximum absolute atomic E-state index is 7.62. The molecule has 0 amide bonds. The van der Waals surface area contributed by atoms with Crippen LogP contribution in [0.3, 0.4) is 0 Å². The average Bonchev–Trinajstić information content (AvgIpc) is 3.52. The molecule has 0 aliphatic carbocycles. The fourth-order valence-electron chi connectivity index (χ4n) is 3.91. The fourth-order valence-corrected chi connectivity index (χ4v) is 3.91. The molecule has 33 heavy (non-hydrogen) atoms. The van der Waals surface area contributed by atoms with Crippen LogP contribution in [0.25, 0.3) is 56.0 Å². The molecule has 3 heterocycles. The van der Waals surface area contributed by atoms with Crippen LogP contribution in [-0.4, -0.2) is 31.6 Å². The molecule has 0 saturated carbocycles. The molecule has 0 unspecified atom stereocenters. The van der Waals surface area contributed by atoms with Crippen molar-refractivity contribution in [2.24, 2.45) is 11.5 Å². The second kappa shape index (κ2) is 6.79. The zero-order valence-corrected chi connectivity index (χ0v) is 17.2. The highest BCUT2D eigenvalue weighted by Gasteiger charge is 2.14. The molecule has 6 rings (SSSR count). The number of aromatic amines is 2. The Morgan fingerprint density at radius 1 is 0.727 bits per heavy atom. The lowest BCUT2D eigenvalue weighted by Crippen LogP contribution is -2.10. The van der Waals surface area contributed by atoms with Gasteiger partial charge in [-0.15, -0.1) is 0 Å². The first-order chi connectivity index (χ1) is 15.9. The predicted octanol–water partition coefficient (Wildman–Crippen LogP) is 4.09. The van der Waals surface area contributed by atoms with Crippen LogP contribution in [0.15, 0.2) is 65.1 Å². The Hall–Kier alpha value is -4.92. The van der Waals surface area contributed by atoms with Gasteiger partial charge >= 0.3 is 0 Å². The summed E-state index contributed by atoms with van der Waals surface area (Å²) < 4.78 is 6.02. The number of H-pyrrole nitrogens is 2. The first-order valence-corrected chi connectivity index (χ1v) is 10.2. The number of rotatable bonds is 4. The minimum Gasteiger partial charge on any atom is -0.453 e. The highest BCUT2D eigenvalue weighted by Crippen LogP contribution is 2.31. The number of furan rings is 1. The number of fused-ring (bicyclic) bond motifs is 3. The number of imidazole rings is 2. The normalized spacial score (nSPS) is 11.5. The van der Waals surface area contributed by atoms with E-state index in [0.717, 1.165) is 38.9 Å². The van der Waals surface area contributed by atoms with Gasteiger partial charge in [0.05, 0.1) is 22.1 Å². The summed E-state index contributed by atoms with van der Waals surface area (Å²) in [5.41, 5.74) is 17.2. The Kier molecular flexibility index (Phi) is 3.87. The number of hydrogen-bond donors (Lipinski definition) is 6. The summed E-state index contributed by atoms with van der Waals surface area (Å²) in [5.74, 6) is 1.94. The zero-order chi connectivity index (χ0) is 22.7. The van der Waals surface area contributed by atoms with Crippen molar-refractivity contribution in [3.05, 3.63) is 71.8 Å². The fraction of sp³-hybridized carbons (Fsp3) is 0. The van der Waals surface area contributed by atoms with Gasteiger partial charge in [0.15, 0.2) is 11.6 Å². The summed E-state index contributed by atoms with van der Waals surface area (Å²) in [6.45, 7) is 0. The van der Waals surface area contributed by atoms with E-state index >= 15 is 0 Å². The lowest BCUT2D eigenvalue weighted by Gasteiger charge is -1.96. The maximum Gasteiger partial charge on any atom is 0.174 e. The quantitative estimate of drug-likeness (QED) is 0.181. The SMILES string of the molecule is N=C(N)c1ccc2[nH]c(-c3ccc4oc(-c5nc6cc(C(=N)N)ccc6[nH]5)cc4c3)nc2c1. The lowest BCUT2D eigenvalue weighted by molar-refractivity contribution is 0.627. The van der Waals surface area contributed by atoms with Crippen molar-refractivity contribution >= 4 is 44.7 Å². The number of aromatic nitrogens is 4. The minimum absolute atomic E-state index is 0.000760. The Morgan fingerprint density at radius 2 is 1.33 bits per heavy atom. The van der Waals surface area contributed by atoms with E-state index in [0.29, 0.717) is 28.2 Å². The van der Waals surface area contributed by atoms with E-state index in [2.05, 4.69) is 19.9 Å². The summed E-state index contributed by atoms with van der Waals surface area (Å²) in [6, 6.07) is 18.6. The van der Waals surface area contributed by atoms with Crippen molar-refractivity contribution in [2.45, 2.75) is 0 Å². The summed E-state index contributed by atoms with van der Waals surface area (Å²) in [5, 5.41) is 16.1. The molecule has 0 bridgehead atoms. The first kappa shape index (κ1) is 18.8. The van der Waals surface area contributed by atoms with Crippen molar-refractivity contribution in [1.82, 2.24) is 19.9 Å². The largest absolute Gasteiger partial charge is 0.453 e. The van der Waals surface area contributed by atoms with Crippen molar-refractivity contribution in [3.63, 3.8) is 0 Å². The third-order valence-electron chi connectivity index (χ3n) is 5.61. The molecule has 0 atom stereocenters. The van der Waals surface area contributed by atoms with Crippen LogP contribution in [0.2, 0.25) is 0 Å². The highest BCUT2D eigenvalue weighted by molar-refractivity contribution is 5.99. The number of nitrogens with two attached hydrogens (primary N) is 2. The number of nitrogens with one attached hydrogen (secondary N) is 4. The van der Waals surface area contributed by atoms with E-state index in [1.54, 1.807) is 24.3 Å². The summed E-state index contributed by atoms with van der Waals surface area (Å²) in [7, 11) is 0. The molecule has 0 aliphatic heterocycles. The molecule has 6 aromatic rings.